The van der Waals surface area contributed by atoms with E-state index >= 15 is 0 Å². The van der Waals surface area contributed by atoms with Gasteiger partial charge >= 0.3 is 0 Å². The Kier molecular flexibility index (Phi) is 5.62. The Morgan fingerprint density at radius 1 is 1.25 bits per heavy atom. The highest BCUT2D eigenvalue weighted by molar-refractivity contribution is 5.28. The Morgan fingerprint density at radius 2 is 2.05 bits per heavy atom. The van der Waals surface area contributed by atoms with Gasteiger partial charge in [-0.2, -0.15) is 0 Å². The number of methoxy groups -OCH3 is 1. The Hall–Kier alpha value is -1.81. The molecular formula is C16H23N3O. The molecule has 4 heteroatoms. The normalized spacial score (nSPS) is 10.7. The number of ether oxygens (including phenoxy) is 1. The second kappa shape index (κ2) is 7.70. The fourth-order valence-electron chi connectivity index (χ4n) is 2.19. The maximum absolute atomic E-state index is 5.12. The van der Waals surface area contributed by atoms with Crippen LogP contribution in [0, 0.1) is 6.92 Å². The fraction of sp³-hybridized carbons (Fsp3) is 0.438. The van der Waals surface area contributed by atoms with Crippen LogP contribution in [0.5, 0.6) is 0 Å². The topological polar surface area (TPSA) is 39.1 Å². The minimum atomic E-state index is 0.703. The summed E-state index contributed by atoms with van der Waals surface area (Å²) in [6, 6.07) is 10.6. The number of hydrogen-bond acceptors (Lipinski definition) is 3. The van der Waals surface area contributed by atoms with Gasteiger partial charge in [0.05, 0.1) is 12.3 Å². The van der Waals surface area contributed by atoms with Crippen molar-refractivity contribution < 1.29 is 4.74 Å². The first kappa shape index (κ1) is 14.6. The molecule has 0 fully saturated rings. The molecule has 0 saturated heterocycles. The van der Waals surface area contributed by atoms with Crippen LogP contribution in [0.2, 0.25) is 0 Å². The van der Waals surface area contributed by atoms with Crippen molar-refractivity contribution in [3.63, 3.8) is 0 Å². The van der Waals surface area contributed by atoms with E-state index in [1.165, 1.54) is 5.56 Å². The molecule has 0 unspecified atom stereocenters. The Bertz CT molecular complexity index is 508. The number of rotatable bonds is 8. The van der Waals surface area contributed by atoms with Gasteiger partial charge in [-0.1, -0.05) is 30.3 Å². The summed E-state index contributed by atoms with van der Waals surface area (Å²) in [4.78, 5) is 4.50. The first-order chi connectivity index (χ1) is 9.79. The summed E-state index contributed by atoms with van der Waals surface area (Å²) in [5.41, 5.74) is 2.42. The molecule has 0 aliphatic rings. The van der Waals surface area contributed by atoms with Crippen molar-refractivity contribution in [3.8, 4) is 0 Å². The van der Waals surface area contributed by atoms with E-state index in [0.29, 0.717) is 6.61 Å². The van der Waals surface area contributed by atoms with Gasteiger partial charge in [0.15, 0.2) is 0 Å². The molecule has 0 saturated carbocycles. The molecule has 1 heterocycles. The largest absolute Gasteiger partial charge is 0.383 e. The molecule has 1 aromatic heterocycles. The van der Waals surface area contributed by atoms with Gasteiger partial charge < -0.3 is 14.6 Å². The van der Waals surface area contributed by atoms with Gasteiger partial charge in [-0.3, -0.25) is 0 Å². The SMILES string of the molecule is COCCn1cc(C)nc1NCCCc1ccccc1. The molecule has 0 atom stereocenters. The van der Waals surface area contributed by atoms with Crippen LogP contribution in [0.4, 0.5) is 5.95 Å². The number of nitrogens with zero attached hydrogens (tertiary/aromatic N) is 2. The first-order valence-electron chi connectivity index (χ1n) is 7.10. The van der Waals surface area contributed by atoms with E-state index in [4.69, 9.17) is 4.74 Å². The van der Waals surface area contributed by atoms with Crippen LogP contribution >= 0.6 is 0 Å². The maximum Gasteiger partial charge on any atom is 0.203 e. The number of imidazole rings is 1. The molecule has 108 valence electrons. The number of anilines is 1. The van der Waals surface area contributed by atoms with Crippen LogP contribution in [0.1, 0.15) is 17.7 Å². The molecule has 0 aliphatic heterocycles. The van der Waals surface area contributed by atoms with Crippen LogP contribution in [-0.2, 0) is 17.7 Å². The van der Waals surface area contributed by atoms with Gasteiger partial charge in [0.2, 0.25) is 5.95 Å². The van der Waals surface area contributed by atoms with Crippen LogP contribution in [0.25, 0.3) is 0 Å². The Morgan fingerprint density at radius 3 is 2.80 bits per heavy atom. The van der Waals surface area contributed by atoms with Crippen molar-refractivity contribution >= 4 is 5.95 Å². The van der Waals surface area contributed by atoms with Crippen molar-refractivity contribution in [1.29, 1.82) is 0 Å². The van der Waals surface area contributed by atoms with Gasteiger partial charge in [-0.15, -0.1) is 0 Å². The highest BCUT2D eigenvalue weighted by Crippen LogP contribution is 2.09. The van der Waals surface area contributed by atoms with E-state index in [0.717, 1.165) is 37.6 Å². The molecular weight excluding hydrogens is 250 g/mol. The van der Waals surface area contributed by atoms with E-state index in [2.05, 4.69) is 51.4 Å². The lowest BCUT2D eigenvalue weighted by Crippen LogP contribution is -2.11. The summed E-state index contributed by atoms with van der Waals surface area (Å²) in [5, 5.41) is 3.41. The van der Waals surface area contributed by atoms with Crippen molar-refractivity contribution in [3.05, 3.63) is 47.8 Å². The molecule has 0 spiro atoms. The Labute approximate surface area is 120 Å². The molecule has 0 radical (unpaired) electrons. The zero-order valence-corrected chi connectivity index (χ0v) is 12.3. The van der Waals surface area contributed by atoms with E-state index < -0.39 is 0 Å². The molecule has 2 rings (SSSR count). The fourth-order valence-corrected chi connectivity index (χ4v) is 2.19. The quantitative estimate of drug-likeness (QED) is 0.752. The van der Waals surface area contributed by atoms with E-state index in [1.807, 2.05) is 6.92 Å². The van der Waals surface area contributed by atoms with Crippen molar-refractivity contribution in [2.75, 3.05) is 25.6 Å². The zero-order chi connectivity index (χ0) is 14.2. The van der Waals surface area contributed by atoms with Crippen LogP contribution in [-0.4, -0.2) is 29.8 Å². The molecule has 0 bridgehead atoms. The third kappa shape index (κ3) is 4.38. The third-order valence-electron chi connectivity index (χ3n) is 3.20. The molecule has 0 amide bonds. The van der Waals surface area contributed by atoms with E-state index in [-0.39, 0.29) is 0 Å². The molecule has 0 aliphatic carbocycles. The standard InChI is InChI=1S/C16H23N3O/c1-14-13-19(11-12-20-2)16(18-14)17-10-6-9-15-7-4-3-5-8-15/h3-5,7-8,13H,6,9-12H2,1-2H3,(H,17,18). The molecule has 4 nitrogen and oxygen atoms in total. The van der Waals surface area contributed by atoms with E-state index in [9.17, 15) is 0 Å². The summed E-state index contributed by atoms with van der Waals surface area (Å²) in [7, 11) is 1.72. The summed E-state index contributed by atoms with van der Waals surface area (Å²) in [6.07, 6.45) is 4.24. The summed E-state index contributed by atoms with van der Waals surface area (Å²) in [5.74, 6) is 0.938. The summed E-state index contributed by atoms with van der Waals surface area (Å²) < 4.78 is 7.23. The predicted octanol–water partition coefficient (Wildman–Crippen LogP) is 2.88. The van der Waals surface area contributed by atoms with Crippen molar-refractivity contribution in [2.45, 2.75) is 26.3 Å². The lowest BCUT2D eigenvalue weighted by Gasteiger charge is -2.09. The molecule has 2 aromatic rings. The van der Waals surface area contributed by atoms with Gasteiger partial charge in [0.1, 0.15) is 0 Å². The summed E-state index contributed by atoms with van der Waals surface area (Å²) >= 11 is 0. The van der Waals surface area contributed by atoms with Gasteiger partial charge in [-0.25, -0.2) is 4.98 Å². The second-order valence-electron chi connectivity index (χ2n) is 4.91. The van der Waals surface area contributed by atoms with Crippen LogP contribution < -0.4 is 5.32 Å². The average molecular weight is 273 g/mol. The minimum absolute atomic E-state index is 0.703. The van der Waals surface area contributed by atoms with Gasteiger partial charge in [0, 0.05) is 26.4 Å². The molecule has 1 aromatic carbocycles. The van der Waals surface area contributed by atoms with Crippen LogP contribution in [0.3, 0.4) is 0 Å². The number of hydrogen-bond donors (Lipinski definition) is 1. The van der Waals surface area contributed by atoms with E-state index in [1.54, 1.807) is 7.11 Å². The highest BCUT2D eigenvalue weighted by atomic mass is 16.5. The highest BCUT2D eigenvalue weighted by Gasteiger charge is 2.04. The lowest BCUT2D eigenvalue weighted by atomic mass is 10.1. The third-order valence-corrected chi connectivity index (χ3v) is 3.20. The monoisotopic (exact) mass is 273 g/mol. The molecule has 1 N–H and O–H groups in total. The average Bonchev–Trinajstić information content (AvgIpc) is 2.82. The maximum atomic E-state index is 5.12. The lowest BCUT2D eigenvalue weighted by molar-refractivity contribution is 0.187. The number of aryl methyl sites for hydroxylation is 2. The van der Waals surface area contributed by atoms with Crippen LogP contribution in [0.15, 0.2) is 36.5 Å². The van der Waals surface area contributed by atoms with Gasteiger partial charge in [0.25, 0.3) is 0 Å². The number of benzene rings is 1. The number of aromatic nitrogens is 2. The minimum Gasteiger partial charge on any atom is -0.383 e. The first-order valence-corrected chi connectivity index (χ1v) is 7.10. The zero-order valence-electron chi connectivity index (χ0n) is 12.3. The van der Waals surface area contributed by atoms with Crippen molar-refractivity contribution in [1.82, 2.24) is 9.55 Å². The smallest absolute Gasteiger partial charge is 0.203 e. The number of nitrogens with one attached hydrogen (secondary N) is 1. The Balaban J connectivity index is 1.78. The molecule has 20 heavy (non-hydrogen) atoms. The second-order valence-corrected chi connectivity index (χ2v) is 4.91. The summed E-state index contributed by atoms with van der Waals surface area (Å²) in [6.45, 7) is 4.48. The van der Waals surface area contributed by atoms with Crippen molar-refractivity contribution in [2.24, 2.45) is 0 Å². The van der Waals surface area contributed by atoms with Gasteiger partial charge in [-0.05, 0) is 25.3 Å². The predicted molar refractivity (Wildman–Crippen MR) is 82.1 cm³/mol.